The molecule has 0 bridgehead atoms. The fraction of sp³-hybridized carbons (Fsp3) is 0.0769. The van der Waals surface area contributed by atoms with Gasteiger partial charge < -0.3 is 0 Å². The van der Waals surface area contributed by atoms with Crippen LogP contribution >= 0.6 is 68.0 Å². The number of aryl methyl sites for hydroxylation is 3. The van der Waals surface area contributed by atoms with Crippen molar-refractivity contribution in [2.75, 3.05) is 0 Å². The minimum Gasteiger partial charge on any atom is -0.205 e. The van der Waals surface area contributed by atoms with Gasteiger partial charge in [-0.1, -0.05) is 60.7 Å². The van der Waals surface area contributed by atoms with E-state index >= 15 is 4.39 Å². The van der Waals surface area contributed by atoms with Gasteiger partial charge in [0.05, 0.1) is 9.58 Å². The van der Waals surface area contributed by atoms with Crippen molar-refractivity contribution in [3.05, 3.63) is 118 Å². The van der Waals surface area contributed by atoms with Crippen LogP contribution in [-0.2, 0) is 0 Å². The van der Waals surface area contributed by atoms with Gasteiger partial charge in [0.25, 0.3) is 0 Å². The lowest BCUT2D eigenvalue weighted by molar-refractivity contribution is 0.637. The van der Waals surface area contributed by atoms with Crippen LogP contribution in [0.2, 0.25) is 0 Å². The zero-order valence-corrected chi connectivity index (χ0v) is 30.0. The lowest BCUT2D eigenvalue weighted by Crippen LogP contribution is -1.83. The van der Waals surface area contributed by atoms with Crippen molar-refractivity contribution in [2.45, 2.75) is 20.8 Å². The minimum atomic E-state index is -0.0831. The summed E-state index contributed by atoms with van der Waals surface area (Å²) in [5, 5.41) is 3.34. The molecule has 7 heteroatoms. The third kappa shape index (κ3) is 4.52. The van der Waals surface area contributed by atoms with Crippen LogP contribution in [0, 0.1) is 26.6 Å². The zero-order chi connectivity index (χ0) is 31.1. The number of halogens is 1. The lowest BCUT2D eigenvalue weighted by atomic mass is 9.98. The van der Waals surface area contributed by atoms with Crippen molar-refractivity contribution in [3.63, 3.8) is 0 Å². The molecule has 0 spiro atoms. The van der Waals surface area contributed by atoms with Crippen LogP contribution < -0.4 is 0 Å². The summed E-state index contributed by atoms with van der Waals surface area (Å²) in [4.78, 5) is 10.6. The molecule has 0 unspecified atom stereocenters. The third-order valence-electron chi connectivity index (χ3n) is 8.40. The summed E-state index contributed by atoms with van der Waals surface area (Å²) in [5.74, 6) is -0.0831. The second-order valence-corrected chi connectivity index (χ2v) is 18.4. The molecule has 3 aromatic carbocycles. The maximum Gasteiger partial charge on any atom is 0.146 e. The van der Waals surface area contributed by atoms with Crippen molar-refractivity contribution in [3.8, 4) is 51.5 Å². The topological polar surface area (TPSA) is 0 Å². The Morgan fingerprint density at radius 1 is 0.457 bits per heavy atom. The van der Waals surface area contributed by atoms with E-state index < -0.39 is 0 Å². The summed E-state index contributed by atoms with van der Waals surface area (Å²) >= 11 is 10.8. The van der Waals surface area contributed by atoms with Crippen LogP contribution in [0.1, 0.15) is 14.6 Å². The van der Waals surface area contributed by atoms with Gasteiger partial charge in [0, 0.05) is 75.7 Å². The number of rotatable bonds is 5. The third-order valence-corrected chi connectivity index (χ3v) is 15.4. The minimum absolute atomic E-state index is 0.0831. The molecule has 0 N–H and O–H groups in total. The SMILES string of the molecule is Cc1ccc(-c2c(-c3ccc(C)s3)c3sc(-c4sc(-c5ccccc5)c5c(F)c(C)sc45)cc3c3cc(-c4ccccc4)sc23)s1. The van der Waals surface area contributed by atoms with Gasteiger partial charge in [0.1, 0.15) is 5.82 Å². The first-order valence-electron chi connectivity index (χ1n) is 14.9. The second kappa shape index (κ2) is 11.1. The van der Waals surface area contributed by atoms with Gasteiger partial charge in [0.15, 0.2) is 0 Å². The molecule has 0 aliphatic carbocycles. The van der Waals surface area contributed by atoms with E-state index in [9.17, 15) is 0 Å². The Hall–Kier alpha value is -3.43. The molecule has 9 aromatic rings. The average Bonchev–Trinajstić information content (AvgIpc) is 3.92. The van der Waals surface area contributed by atoms with Gasteiger partial charge in [-0.25, -0.2) is 4.39 Å². The Balaban J connectivity index is 1.40. The molecule has 6 aromatic heterocycles. The average molecular weight is 705 g/mol. The summed E-state index contributed by atoms with van der Waals surface area (Å²) in [6.45, 7) is 6.29. The Morgan fingerprint density at radius 3 is 1.57 bits per heavy atom. The van der Waals surface area contributed by atoms with Crippen LogP contribution in [0.25, 0.3) is 81.8 Å². The van der Waals surface area contributed by atoms with Crippen LogP contribution in [0.3, 0.4) is 0 Å². The molecule has 46 heavy (non-hydrogen) atoms. The van der Waals surface area contributed by atoms with Gasteiger partial charge in [-0.3, -0.25) is 0 Å². The van der Waals surface area contributed by atoms with Crippen LogP contribution in [0.4, 0.5) is 4.39 Å². The van der Waals surface area contributed by atoms with E-state index in [0.717, 1.165) is 25.4 Å². The molecule has 0 saturated carbocycles. The molecule has 0 radical (unpaired) electrons. The highest BCUT2D eigenvalue weighted by Crippen LogP contribution is 2.56. The summed E-state index contributed by atoms with van der Waals surface area (Å²) in [7, 11) is 0. The molecular formula is C39H25FS6. The van der Waals surface area contributed by atoms with Gasteiger partial charge >= 0.3 is 0 Å². The van der Waals surface area contributed by atoms with E-state index in [0.29, 0.717) is 0 Å². The molecule has 0 fully saturated rings. The standard InChI is InChI=1S/C39H25FS6/c1-20-14-16-27(41-20)31-32(28-17-15-21(2)42-28)37-26(25-18-29(44-36(25)31)23-10-6-4-7-11-23)19-30(45-37)38-39-33(34(40)22(3)43-39)35(46-38)24-12-8-5-9-13-24/h4-19H,1-3H3. The molecule has 0 saturated heterocycles. The Kier molecular flexibility index (Phi) is 6.93. The van der Waals surface area contributed by atoms with E-state index in [-0.39, 0.29) is 5.82 Å². The zero-order valence-electron chi connectivity index (χ0n) is 25.1. The van der Waals surface area contributed by atoms with E-state index in [4.69, 9.17) is 0 Å². The Labute approximate surface area is 290 Å². The van der Waals surface area contributed by atoms with E-state index in [1.54, 1.807) is 22.7 Å². The molecule has 0 aliphatic rings. The summed E-state index contributed by atoms with van der Waals surface area (Å²) in [5.41, 5.74) is 4.97. The predicted octanol–water partition coefficient (Wildman–Crippen LogP) is 14.9. The normalized spacial score (nSPS) is 11.9. The first kappa shape index (κ1) is 28.8. The van der Waals surface area contributed by atoms with Crippen molar-refractivity contribution in [1.82, 2.24) is 0 Å². The molecular weight excluding hydrogens is 680 g/mol. The van der Waals surface area contributed by atoms with Crippen LogP contribution in [0.15, 0.2) is 97.1 Å². The van der Waals surface area contributed by atoms with Crippen molar-refractivity contribution >= 4 is 98.3 Å². The number of thiophene rings is 6. The number of fused-ring (bicyclic) bond motifs is 4. The largest absolute Gasteiger partial charge is 0.205 e. The molecule has 0 amide bonds. The van der Waals surface area contributed by atoms with Crippen molar-refractivity contribution in [1.29, 1.82) is 0 Å². The first-order chi connectivity index (χ1) is 22.4. The lowest BCUT2D eigenvalue weighted by Gasteiger charge is -2.11. The molecule has 0 atom stereocenters. The smallest absolute Gasteiger partial charge is 0.146 e. The quantitative estimate of drug-likeness (QED) is 0.167. The van der Waals surface area contributed by atoms with E-state index in [2.05, 4.69) is 92.7 Å². The highest BCUT2D eigenvalue weighted by Gasteiger charge is 2.27. The first-order valence-corrected chi connectivity index (χ1v) is 19.8. The number of hydrogen-bond acceptors (Lipinski definition) is 6. The monoisotopic (exact) mass is 704 g/mol. The molecule has 0 nitrogen and oxygen atoms in total. The van der Waals surface area contributed by atoms with E-state index in [1.807, 2.05) is 70.5 Å². The van der Waals surface area contributed by atoms with Crippen LogP contribution in [-0.4, -0.2) is 0 Å². The van der Waals surface area contributed by atoms with Gasteiger partial charge in [-0.15, -0.1) is 68.0 Å². The molecule has 224 valence electrons. The summed E-state index contributed by atoms with van der Waals surface area (Å²) in [6.07, 6.45) is 0. The van der Waals surface area contributed by atoms with Crippen molar-refractivity contribution in [2.24, 2.45) is 0 Å². The highest BCUT2D eigenvalue weighted by atomic mass is 32.1. The van der Waals surface area contributed by atoms with Crippen molar-refractivity contribution < 1.29 is 4.39 Å². The van der Waals surface area contributed by atoms with Gasteiger partial charge in [-0.05, 0) is 68.3 Å². The maximum absolute atomic E-state index is 15.8. The molecule has 0 aliphatic heterocycles. The summed E-state index contributed by atoms with van der Waals surface area (Å²) < 4.78 is 19.5. The number of benzene rings is 3. The fourth-order valence-electron chi connectivity index (χ4n) is 6.29. The highest BCUT2D eigenvalue weighted by molar-refractivity contribution is 7.33. The second-order valence-electron chi connectivity index (χ2n) is 11.4. The van der Waals surface area contributed by atoms with E-state index in [1.165, 1.54) is 71.0 Å². The summed E-state index contributed by atoms with van der Waals surface area (Å²) in [6, 6.07) is 34.9. The fourth-order valence-corrected chi connectivity index (χ4v) is 13.4. The Bertz CT molecular complexity index is 2560. The molecule has 9 rings (SSSR count). The predicted molar refractivity (Wildman–Crippen MR) is 208 cm³/mol. The maximum atomic E-state index is 15.8. The van der Waals surface area contributed by atoms with Gasteiger partial charge in [-0.2, -0.15) is 0 Å². The number of hydrogen-bond donors (Lipinski definition) is 0. The van der Waals surface area contributed by atoms with Gasteiger partial charge in [0.2, 0.25) is 0 Å². The molecule has 6 heterocycles. The Morgan fingerprint density at radius 2 is 1.00 bits per heavy atom. The van der Waals surface area contributed by atoms with Crippen LogP contribution in [0.5, 0.6) is 0 Å².